The Morgan fingerprint density at radius 1 is 1.00 bits per heavy atom. The van der Waals surface area contributed by atoms with E-state index in [1.54, 1.807) is 12.1 Å². The summed E-state index contributed by atoms with van der Waals surface area (Å²) in [6, 6.07) is 14.9. The molecule has 30 heavy (non-hydrogen) atoms. The number of hydrogen-bond donors (Lipinski definition) is 1. The number of sulfonamides is 1. The van der Waals surface area contributed by atoms with Crippen molar-refractivity contribution in [2.24, 2.45) is 0 Å². The molecule has 1 fully saturated rings. The number of hydrogen-bond acceptors (Lipinski definition) is 5. The first-order valence-corrected chi connectivity index (χ1v) is 12.0. The van der Waals surface area contributed by atoms with Gasteiger partial charge < -0.3 is 15.1 Å². The standard InChI is InChI=1S/C22H30N4O3S/c1-4-18-5-9-21(10-6-18)26(30(3,28)29)17-22(27)23-19-7-11-20(12-8-19)25-15-13-24(2)14-16-25/h5-12H,4,13-17H2,1-3H3,(H,23,27). The summed E-state index contributed by atoms with van der Waals surface area (Å²) in [6.45, 7) is 5.76. The SMILES string of the molecule is CCc1ccc(N(CC(=O)Nc2ccc(N3CCN(C)CC3)cc2)S(C)(=O)=O)cc1. The summed E-state index contributed by atoms with van der Waals surface area (Å²) >= 11 is 0. The van der Waals surface area contributed by atoms with Crippen molar-refractivity contribution in [3.05, 3.63) is 54.1 Å². The third-order valence-electron chi connectivity index (χ3n) is 5.34. The second-order valence-electron chi connectivity index (χ2n) is 7.68. The Bertz CT molecular complexity index is 951. The fourth-order valence-electron chi connectivity index (χ4n) is 3.45. The van der Waals surface area contributed by atoms with E-state index in [4.69, 9.17) is 0 Å². The molecule has 1 aliphatic rings. The lowest BCUT2D eigenvalue weighted by Gasteiger charge is -2.34. The molecular weight excluding hydrogens is 400 g/mol. The number of rotatable bonds is 7. The Morgan fingerprint density at radius 3 is 2.13 bits per heavy atom. The van der Waals surface area contributed by atoms with Gasteiger partial charge in [-0.25, -0.2) is 8.42 Å². The topological polar surface area (TPSA) is 73.0 Å². The third kappa shape index (κ3) is 5.73. The van der Waals surface area contributed by atoms with Gasteiger partial charge in [-0.1, -0.05) is 19.1 Å². The third-order valence-corrected chi connectivity index (χ3v) is 6.48. The van der Waals surface area contributed by atoms with Crippen LogP contribution in [-0.2, 0) is 21.2 Å². The van der Waals surface area contributed by atoms with Crippen LogP contribution in [0.25, 0.3) is 0 Å². The fourth-order valence-corrected chi connectivity index (χ4v) is 4.31. The highest BCUT2D eigenvalue weighted by Gasteiger charge is 2.21. The summed E-state index contributed by atoms with van der Waals surface area (Å²) < 4.78 is 25.6. The van der Waals surface area contributed by atoms with E-state index in [-0.39, 0.29) is 12.5 Å². The quantitative estimate of drug-likeness (QED) is 0.730. The fraction of sp³-hybridized carbons (Fsp3) is 0.409. The van der Waals surface area contributed by atoms with Crippen molar-refractivity contribution >= 4 is 33.0 Å². The van der Waals surface area contributed by atoms with Crippen LogP contribution in [0.4, 0.5) is 17.1 Å². The summed E-state index contributed by atoms with van der Waals surface area (Å²) in [5.41, 5.74) is 3.36. The van der Waals surface area contributed by atoms with Gasteiger partial charge in [-0.2, -0.15) is 0 Å². The zero-order valence-corrected chi connectivity index (χ0v) is 18.7. The predicted octanol–water partition coefficient (Wildman–Crippen LogP) is 2.41. The van der Waals surface area contributed by atoms with Gasteiger partial charge in [-0.15, -0.1) is 0 Å². The molecule has 0 aromatic heterocycles. The van der Waals surface area contributed by atoms with E-state index in [0.29, 0.717) is 11.4 Å². The monoisotopic (exact) mass is 430 g/mol. The second-order valence-corrected chi connectivity index (χ2v) is 9.58. The lowest BCUT2D eigenvalue weighted by atomic mass is 10.1. The van der Waals surface area contributed by atoms with Gasteiger partial charge in [0.15, 0.2) is 0 Å². The van der Waals surface area contributed by atoms with E-state index < -0.39 is 10.0 Å². The van der Waals surface area contributed by atoms with Crippen LogP contribution in [0.1, 0.15) is 12.5 Å². The molecule has 1 aliphatic heterocycles. The van der Waals surface area contributed by atoms with Gasteiger partial charge in [-0.05, 0) is 55.4 Å². The zero-order chi connectivity index (χ0) is 21.7. The molecule has 162 valence electrons. The van der Waals surface area contributed by atoms with E-state index in [1.807, 2.05) is 43.3 Å². The minimum atomic E-state index is -3.59. The van der Waals surface area contributed by atoms with E-state index in [0.717, 1.165) is 54.4 Å². The molecule has 0 atom stereocenters. The Labute approximate surface area is 179 Å². The Hall–Kier alpha value is -2.58. The largest absolute Gasteiger partial charge is 0.369 e. The first-order valence-electron chi connectivity index (χ1n) is 10.2. The molecule has 0 radical (unpaired) electrons. The highest BCUT2D eigenvalue weighted by molar-refractivity contribution is 7.92. The number of benzene rings is 2. The average Bonchev–Trinajstić information content (AvgIpc) is 2.72. The molecule has 8 heteroatoms. The number of amides is 1. The van der Waals surface area contributed by atoms with Gasteiger partial charge in [0.05, 0.1) is 11.9 Å². The molecule has 2 aromatic carbocycles. The van der Waals surface area contributed by atoms with Gasteiger partial charge >= 0.3 is 0 Å². The van der Waals surface area contributed by atoms with Crippen LogP contribution in [0.15, 0.2) is 48.5 Å². The molecule has 2 aromatic rings. The molecule has 7 nitrogen and oxygen atoms in total. The number of aryl methyl sites for hydroxylation is 1. The van der Waals surface area contributed by atoms with E-state index >= 15 is 0 Å². The number of piperazine rings is 1. The summed E-state index contributed by atoms with van der Waals surface area (Å²) in [4.78, 5) is 17.2. The maximum atomic E-state index is 12.6. The predicted molar refractivity (Wildman–Crippen MR) is 123 cm³/mol. The normalized spacial score (nSPS) is 15.1. The molecule has 0 bridgehead atoms. The Balaban J connectivity index is 1.65. The molecule has 1 heterocycles. The van der Waals surface area contributed by atoms with Gasteiger partial charge in [0.1, 0.15) is 6.54 Å². The lowest BCUT2D eigenvalue weighted by Crippen LogP contribution is -2.44. The van der Waals surface area contributed by atoms with Crippen molar-refractivity contribution in [3.8, 4) is 0 Å². The van der Waals surface area contributed by atoms with Crippen LogP contribution < -0.4 is 14.5 Å². The van der Waals surface area contributed by atoms with Crippen LogP contribution >= 0.6 is 0 Å². The van der Waals surface area contributed by atoms with E-state index in [1.165, 1.54) is 0 Å². The molecule has 1 amide bonds. The number of likely N-dealkylation sites (N-methyl/N-ethyl adjacent to an activating group) is 1. The number of carbonyl (C=O) groups is 1. The van der Waals surface area contributed by atoms with Crippen LogP contribution in [0.2, 0.25) is 0 Å². The lowest BCUT2D eigenvalue weighted by molar-refractivity contribution is -0.114. The Morgan fingerprint density at radius 2 is 1.60 bits per heavy atom. The second kappa shape index (κ2) is 9.49. The van der Waals surface area contributed by atoms with Crippen LogP contribution in [0.5, 0.6) is 0 Å². The minimum Gasteiger partial charge on any atom is -0.369 e. The molecule has 3 rings (SSSR count). The van der Waals surface area contributed by atoms with Gasteiger partial charge in [0.25, 0.3) is 0 Å². The van der Waals surface area contributed by atoms with Gasteiger partial charge in [0.2, 0.25) is 15.9 Å². The van der Waals surface area contributed by atoms with Crippen molar-refractivity contribution in [2.45, 2.75) is 13.3 Å². The molecule has 0 aliphatic carbocycles. The number of nitrogens with one attached hydrogen (secondary N) is 1. The number of nitrogens with zero attached hydrogens (tertiary/aromatic N) is 3. The maximum Gasteiger partial charge on any atom is 0.245 e. The van der Waals surface area contributed by atoms with Crippen molar-refractivity contribution in [1.82, 2.24) is 4.90 Å². The maximum absolute atomic E-state index is 12.6. The van der Waals surface area contributed by atoms with Gasteiger partial charge in [0, 0.05) is 37.6 Å². The van der Waals surface area contributed by atoms with Gasteiger partial charge in [-0.3, -0.25) is 9.10 Å². The van der Waals surface area contributed by atoms with Crippen LogP contribution in [0, 0.1) is 0 Å². The smallest absolute Gasteiger partial charge is 0.245 e. The van der Waals surface area contributed by atoms with Crippen LogP contribution in [-0.4, -0.2) is 65.3 Å². The molecule has 0 saturated carbocycles. The summed E-state index contributed by atoms with van der Waals surface area (Å²) in [5, 5.41) is 2.80. The van der Waals surface area contributed by atoms with Crippen molar-refractivity contribution in [3.63, 3.8) is 0 Å². The molecule has 1 saturated heterocycles. The first kappa shape index (κ1) is 22.1. The zero-order valence-electron chi connectivity index (χ0n) is 17.8. The molecule has 1 N–H and O–H groups in total. The molecule has 0 unspecified atom stereocenters. The molecule has 0 spiro atoms. The minimum absolute atomic E-state index is 0.273. The Kier molecular flexibility index (Phi) is 6.99. The number of anilines is 3. The summed E-state index contributed by atoms with van der Waals surface area (Å²) in [6.07, 6.45) is 1.97. The molecular formula is C22H30N4O3S. The highest BCUT2D eigenvalue weighted by atomic mass is 32.2. The summed E-state index contributed by atoms with van der Waals surface area (Å²) in [5.74, 6) is -0.382. The van der Waals surface area contributed by atoms with E-state index in [9.17, 15) is 13.2 Å². The highest BCUT2D eigenvalue weighted by Crippen LogP contribution is 2.21. The van der Waals surface area contributed by atoms with Crippen molar-refractivity contribution < 1.29 is 13.2 Å². The summed E-state index contributed by atoms with van der Waals surface area (Å²) in [7, 11) is -1.47. The van der Waals surface area contributed by atoms with Crippen molar-refractivity contribution in [1.29, 1.82) is 0 Å². The van der Waals surface area contributed by atoms with Crippen molar-refractivity contribution in [2.75, 3.05) is 60.5 Å². The van der Waals surface area contributed by atoms with E-state index in [2.05, 4.69) is 22.2 Å². The first-order chi connectivity index (χ1) is 14.3. The number of carbonyl (C=O) groups excluding carboxylic acids is 1. The average molecular weight is 431 g/mol. The van der Waals surface area contributed by atoms with Crippen LogP contribution in [0.3, 0.4) is 0 Å².